The highest BCUT2D eigenvalue weighted by Crippen LogP contribution is 2.26. The van der Waals surface area contributed by atoms with Crippen LogP contribution >= 0.6 is 0 Å². The van der Waals surface area contributed by atoms with Crippen molar-refractivity contribution in [2.75, 3.05) is 0 Å². The SMILES string of the molecule is CC(c1ccc(F)c(F)c1)S(=O)(=O)Cc1ccc(CO)cc1. The van der Waals surface area contributed by atoms with Crippen molar-refractivity contribution >= 4 is 9.84 Å². The Bertz CT molecular complexity index is 755. The summed E-state index contributed by atoms with van der Waals surface area (Å²) >= 11 is 0. The highest BCUT2D eigenvalue weighted by Gasteiger charge is 2.24. The predicted molar refractivity (Wildman–Crippen MR) is 79.8 cm³/mol. The number of hydrogen-bond acceptors (Lipinski definition) is 3. The molecule has 118 valence electrons. The molecular weight excluding hydrogens is 310 g/mol. The van der Waals surface area contributed by atoms with E-state index in [0.29, 0.717) is 11.1 Å². The average Bonchev–Trinajstić information content (AvgIpc) is 2.49. The third-order valence-corrected chi connectivity index (χ3v) is 5.61. The minimum Gasteiger partial charge on any atom is -0.392 e. The maximum Gasteiger partial charge on any atom is 0.161 e. The average molecular weight is 326 g/mol. The molecule has 0 spiro atoms. The zero-order valence-electron chi connectivity index (χ0n) is 12.0. The fourth-order valence-electron chi connectivity index (χ4n) is 2.07. The minimum atomic E-state index is -3.57. The van der Waals surface area contributed by atoms with Gasteiger partial charge in [-0.05, 0) is 35.7 Å². The Morgan fingerprint density at radius 2 is 1.59 bits per heavy atom. The highest BCUT2D eigenvalue weighted by atomic mass is 32.2. The molecule has 0 aromatic heterocycles. The molecule has 0 fully saturated rings. The van der Waals surface area contributed by atoms with Gasteiger partial charge in [0.15, 0.2) is 21.5 Å². The van der Waals surface area contributed by atoms with E-state index in [1.165, 1.54) is 13.0 Å². The van der Waals surface area contributed by atoms with Crippen molar-refractivity contribution in [2.45, 2.75) is 24.5 Å². The maximum absolute atomic E-state index is 13.2. The van der Waals surface area contributed by atoms with Gasteiger partial charge in [0, 0.05) is 0 Å². The van der Waals surface area contributed by atoms with Gasteiger partial charge in [0.05, 0.1) is 17.6 Å². The topological polar surface area (TPSA) is 54.4 Å². The Kier molecular flexibility index (Phi) is 4.93. The zero-order valence-corrected chi connectivity index (χ0v) is 12.8. The number of benzene rings is 2. The summed E-state index contributed by atoms with van der Waals surface area (Å²) in [5.74, 6) is -2.28. The largest absolute Gasteiger partial charge is 0.392 e. The second-order valence-corrected chi connectivity index (χ2v) is 7.42. The normalized spacial score (nSPS) is 13.1. The van der Waals surface area contributed by atoms with Crippen LogP contribution in [0, 0.1) is 11.6 Å². The monoisotopic (exact) mass is 326 g/mol. The molecule has 1 unspecified atom stereocenters. The zero-order chi connectivity index (χ0) is 16.3. The summed E-state index contributed by atoms with van der Waals surface area (Å²) < 4.78 is 50.9. The lowest BCUT2D eigenvalue weighted by molar-refractivity contribution is 0.282. The highest BCUT2D eigenvalue weighted by molar-refractivity contribution is 7.90. The third-order valence-electron chi connectivity index (χ3n) is 3.53. The maximum atomic E-state index is 13.2. The Morgan fingerprint density at radius 1 is 1.00 bits per heavy atom. The fourth-order valence-corrected chi connectivity index (χ4v) is 3.54. The first-order valence-corrected chi connectivity index (χ1v) is 8.40. The Balaban J connectivity index is 2.22. The number of rotatable bonds is 5. The van der Waals surface area contributed by atoms with Crippen molar-refractivity contribution in [1.82, 2.24) is 0 Å². The summed E-state index contributed by atoms with van der Waals surface area (Å²) in [5, 5.41) is 8.02. The Hall–Kier alpha value is -1.79. The molecule has 0 aliphatic heterocycles. The molecule has 0 saturated heterocycles. The van der Waals surface area contributed by atoms with Crippen LogP contribution in [-0.4, -0.2) is 13.5 Å². The molecule has 0 amide bonds. The van der Waals surface area contributed by atoms with Gasteiger partial charge in [-0.2, -0.15) is 0 Å². The quantitative estimate of drug-likeness (QED) is 0.918. The molecule has 2 aromatic rings. The number of sulfone groups is 1. The molecule has 0 aliphatic rings. The molecule has 1 N–H and O–H groups in total. The van der Waals surface area contributed by atoms with Crippen molar-refractivity contribution in [3.05, 3.63) is 70.8 Å². The van der Waals surface area contributed by atoms with Crippen molar-refractivity contribution < 1.29 is 22.3 Å². The van der Waals surface area contributed by atoms with Gasteiger partial charge < -0.3 is 5.11 Å². The summed E-state index contributed by atoms with van der Waals surface area (Å²) in [5.41, 5.74) is 1.48. The lowest BCUT2D eigenvalue weighted by Gasteiger charge is -2.14. The molecular formula is C16H16F2O3S. The van der Waals surface area contributed by atoms with Crippen molar-refractivity contribution in [2.24, 2.45) is 0 Å². The van der Waals surface area contributed by atoms with Gasteiger partial charge in [0.2, 0.25) is 0 Å². The third kappa shape index (κ3) is 3.69. The van der Waals surface area contributed by atoms with Crippen LogP contribution in [0.3, 0.4) is 0 Å². The van der Waals surface area contributed by atoms with Gasteiger partial charge in [-0.3, -0.25) is 0 Å². The van der Waals surface area contributed by atoms with Crippen LogP contribution < -0.4 is 0 Å². The van der Waals surface area contributed by atoms with E-state index in [-0.39, 0.29) is 17.9 Å². The predicted octanol–water partition coefficient (Wildman–Crippen LogP) is 3.13. The lowest BCUT2D eigenvalue weighted by Crippen LogP contribution is -2.13. The Labute approximate surface area is 128 Å². The van der Waals surface area contributed by atoms with E-state index in [1.807, 2.05) is 0 Å². The molecule has 22 heavy (non-hydrogen) atoms. The number of aliphatic hydroxyl groups excluding tert-OH is 1. The first kappa shape index (κ1) is 16.6. The molecule has 6 heteroatoms. The van der Waals surface area contributed by atoms with E-state index >= 15 is 0 Å². The van der Waals surface area contributed by atoms with E-state index in [0.717, 1.165) is 12.1 Å². The summed E-state index contributed by atoms with van der Waals surface area (Å²) in [7, 11) is -3.57. The van der Waals surface area contributed by atoms with Crippen LogP contribution in [0.1, 0.15) is 28.9 Å². The van der Waals surface area contributed by atoms with Gasteiger partial charge in [0.25, 0.3) is 0 Å². The van der Waals surface area contributed by atoms with E-state index < -0.39 is 26.7 Å². The first-order chi connectivity index (χ1) is 10.3. The minimum absolute atomic E-state index is 0.113. The van der Waals surface area contributed by atoms with Crippen LogP contribution in [0.15, 0.2) is 42.5 Å². The van der Waals surface area contributed by atoms with Gasteiger partial charge in [-0.25, -0.2) is 17.2 Å². The molecule has 0 bridgehead atoms. The first-order valence-electron chi connectivity index (χ1n) is 6.68. The van der Waals surface area contributed by atoms with E-state index in [2.05, 4.69) is 0 Å². The van der Waals surface area contributed by atoms with Crippen LogP contribution in [0.5, 0.6) is 0 Å². The molecule has 0 saturated carbocycles. The second kappa shape index (κ2) is 6.54. The lowest BCUT2D eigenvalue weighted by atomic mass is 10.1. The molecule has 1 atom stereocenters. The van der Waals surface area contributed by atoms with Crippen molar-refractivity contribution in [1.29, 1.82) is 0 Å². The fraction of sp³-hybridized carbons (Fsp3) is 0.250. The van der Waals surface area contributed by atoms with Gasteiger partial charge in [0.1, 0.15) is 0 Å². The summed E-state index contributed by atoms with van der Waals surface area (Å²) in [6, 6.07) is 9.65. The number of halogens is 2. The Morgan fingerprint density at radius 3 is 2.14 bits per heavy atom. The second-order valence-electron chi connectivity index (χ2n) is 5.10. The standard InChI is InChI=1S/C16H16F2O3S/c1-11(14-6-7-15(17)16(18)8-14)22(20,21)10-13-4-2-12(9-19)3-5-13/h2-8,11,19H,9-10H2,1H3. The smallest absolute Gasteiger partial charge is 0.161 e. The van der Waals surface area contributed by atoms with Crippen molar-refractivity contribution in [3.63, 3.8) is 0 Å². The molecule has 0 heterocycles. The van der Waals surface area contributed by atoms with E-state index in [4.69, 9.17) is 5.11 Å². The van der Waals surface area contributed by atoms with E-state index in [9.17, 15) is 17.2 Å². The van der Waals surface area contributed by atoms with E-state index in [1.54, 1.807) is 24.3 Å². The van der Waals surface area contributed by atoms with Crippen LogP contribution in [0.2, 0.25) is 0 Å². The van der Waals surface area contributed by atoms with Crippen LogP contribution in [-0.2, 0) is 22.2 Å². The summed E-state index contributed by atoms with van der Waals surface area (Å²) in [4.78, 5) is 0. The molecule has 2 rings (SSSR count). The molecule has 0 aliphatic carbocycles. The van der Waals surface area contributed by atoms with Crippen LogP contribution in [0.4, 0.5) is 8.78 Å². The molecule has 3 nitrogen and oxygen atoms in total. The summed E-state index contributed by atoms with van der Waals surface area (Å²) in [6.45, 7) is 1.34. The summed E-state index contributed by atoms with van der Waals surface area (Å²) in [6.07, 6.45) is 0. The molecule has 0 radical (unpaired) electrons. The van der Waals surface area contributed by atoms with Gasteiger partial charge >= 0.3 is 0 Å². The van der Waals surface area contributed by atoms with Crippen molar-refractivity contribution in [3.8, 4) is 0 Å². The van der Waals surface area contributed by atoms with Gasteiger partial charge in [-0.15, -0.1) is 0 Å². The van der Waals surface area contributed by atoms with Gasteiger partial charge in [-0.1, -0.05) is 30.3 Å². The number of aliphatic hydroxyl groups is 1. The van der Waals surface area contributed by atoms with Crippen LogP contribution in [0.25, 0.3) is 0 Å². The molecule has 2 aromatic carbocycles. The number of hydrogen-bond donors (Lipinski definition) is 1.